The summed E-state index contributed by atoms with van der Waals surface area (Å²) in [5, 5.41) is 8.91. The van der Waals surface area contributed by atoms with Crippen LogP contribution >= 0.6 is 31.9 Å². The summed E-state index contributed by atoms with van der Waals surface area (Å²) >= 11 is 6.56. The first-order chi connectivity index (χ1) is 6.69. The van der Waals surface area contributed by atoms with Crippen molar-refractivity contribution in [1.82, 2.24) is 0 Å². The van der Waals surface area contributed by atoms with Crippen LogP contribution in [-0.2, 0) is 6.61 Å². The number of benzene rings is 1. The van der Waals surface area contributed by atoms with Gasteiger partial charge >= 0.3 is 0 Å². The quantitative estimate of drug-likeness (QED) is 0.921. The number of halogens is 3. The zero-order valence-electron chi connectivity index (χ0n) is 7.27. The average Bonchev–Trinajstić information content (AvgIpc) is 2.16. The molecule has 0 heterocycles. The first-order valence-corrected chi connectivity index (χ1v) is 5.55. The molecule has 5 heteroatoms. The van der Waals surface area contributed by atoms with Crippen LogP contribution in [0.4, 0.5) is 4.39 Å². The van der Waals surface area contributed by atoms with Crippen molar-refractivity contribution < 1.29 is 14.2 Å². The van der Waals surface area contributed by atoms with Crippen molar-refractivity contribution in [2.75, 3.05) is 13.3 Å². The van der Waals surface area contributed by atoms with Crippen LogP contribution in [0.15, 0.2) is 21.1 Å². The number of ether oxygens (including phenoxy) is 1. The van der Waals surface area contributed by atoms with Gasteiger partial charge < -0.3 is 9.84 Å². The van der Waals surface area contributed by atoms with Gasteiger partial charge in [-0.1, -0.05) is 0 Å². The van der Waals surface area contributed by atoms with Gasteiger partial charge in [-0.3, -0.25) is 0 Å². The molecule has 0 unspecified atom stereocenters. The molecule has 1 rings (SSSR count). The number of hydrogen-bond acceptors (Lipinski definition) is 2. The molecule has 1 N–H and O–H groups in total. The lowest BCUT2D eigenvalue weighted by Crippen LogP contribution is -2.00. The van der Waals surface area contributed by atoms with Gasteiger partial charge in [0.05, 0.1) is 15.6 Å². The van der Waals surface area contributed by atoms with Crippen molar-refractivity contribution in [1.29, 1.82) is 0 Å². The van der Waals surface area contributed by atoms with Crippen molar-refractivity contribution >= 4 is 31.9 Å². The van der Waals surface area contributed by atoms with Crippen molar-refractivity contribution in [3.05, 3.63) is 26.6 Å². The predicted molar refractivity (Wildman–Crippen MR) is 59.2 cm³/mol. The van der Waals surface area contributed by atoms with Gasteiger partial charge in [0.1, 0.15) is 19.0 Å². The van der Waals surface area contributed by atoms with E-state index in [-0.39, 0.29) is 13.2 Å². The van der Waals surface area contributed by atoms with Crippen LogP contribution in [0, 0.1) is 0 Å². The Morgan fingerprint density at radius 1 is 1.29 bits per heavy atom. The minimum atomic E-state index is -0.527. The smallest absolute Gasteiger partial charge is 0.147 e. The number of rotatable bonds is 4. The van der Waals surface area contributed by atoms with E-state index < -0.39 is 6.67 Å². The summed E-state index contributed by atoms with van der Waals surface area (Å²) in [5.41, 5.74) is 0.761. The zero-order valence-corrected chi connectivity index (χ0v) is 10.4. The SMILES string of the molecule is OCc1cc(Br)c(OCCF)c(Br)c1. The molecule has 0 aliphatic rings. The number of alkyl halides is 1. The minimum Gasteiger partial charge on any atom is -0.488 e. The predicted octanol–water partition coefficient (Wildman–Crippen LogP) is 3.05. The first-order valence-electron chi connectivity index (χ1n) is 3.96. The molecule has 0 bridgehead atoms. The van der Waals surface area contributed by atoms with Crippen molar-refractivity contribution in [2.24, 2.45) is 0 Å². The fraction of sp³-hybridized carbons (Fsp3) is 0.333. The molecule has 1 aromatic carbocycles. The van der Waals surface area contributed by atoms with E-state index in [9.17, 15) is 4.39 Å². The molecule has 14 heavy (non-hydrogen) atoms. The molecule has 0 saturated heterocycles. The van der Waals surface area contributed by atoms with Crippen molar-refractivity contribution in [2.45, 2.75) is 6.61 Å². The van der Waals surface area contributed by atoms with Gasteiger partial charge in [0.15, 0.2) is 0 Å². The van der Waals surface area contributed by atoms with Gasteiger partial charge in [0, 0.05) is 0 Å². The third-order valence-electron chi connectivity index (χ3n) is 1.56. The highest BCUT2D eigenvalue weighted by atomic mass is 79.9. The Morgan fingerprint density at radius 3 is 2.29 bits per heavy atom. The summed E-state index contributed by atoms with van der Waals surface area (Å²) in [4.78, 5) is 0. The fourth-order valence-electron chi connectivity index (χ4n) is 0.982. The summed E-state index contributed by atoms with van der Waals surface area (Å²) < 4.78 is 18.5. The molecule has 2 nitrogen and oxygen atoms in total. The number of aliphatic hydroxyl groups excluding tert-OH is 1. The molecular weight excluding hydrogens is 319 g/mol. The Morgan fingerprint density at radius 2 is 1.86 bits per heavy atom. The minimum absolute atomic E-state index is 0.0235. The molecule has 0 radical (unpaired) electrons. The maximum absolute atomic E-state index is 11.9. The van der Waals surface area contributed by atoms with Crippen molar-refractivity contribution in [3.63, 3.8) is 0 Å². The molecule has 0 aliphatic carbocycles. The van der Waals surface area contributed by atoms with Gasteiger partial charge in [0.2, 0.25) is 0 Å². The molecule has 1 aromatic rings. The van der Waals surface area contributed by atoms with E-state index in [1.807, 2.05) is 0 Å². The molecule has 78 valence electrons. The molecular formula is C9H9Br2FO2. The first kappa shape index (κ1) is 11.9. The zero-order chi connectivity index (χ0) is 10.6. The Kier molecular flexibility index (Phi) is 4.84. The van der Waals surface area contributed by atoms with Crippen molar-refractivity contribution in [3.8, 4) is 5.75 Å². The number of hydrogen-bond donors (Lipinski definition) is 1. The van der Waals surface area contributed by atoms with Crippen LogP contribution < -0.4 is 4.74 Å². The Hall–Kier alpha value is -0.130. The highest BCUT2D eigenvalue weighted by Gasteiger charge is 2.08. The van der Waals surface area contributed by atoms with Crippen LogP contribution in [0.5, 0.6) is 5.75 Å². The van der Waals surface area contributed by atoms with Gasteiger partial charge in [-0.2, -0.15) is 0 Å². The monoisotopic (exact) mass is 326 g/mol. The van der Waals surface area contributed by atoms with E-state index in [0.29, 0.717) is 14.7 Å². The van der Waals surface area contributed by atoms with E-state index in [2.05, 4.69) is 31.9 Å². The summed E-state index contributed by atoms with van der Waals surface area (Å²) in [6, 6.07) is 3.47. The summed E-state index contributed by atoms with van der Waals surface area (Å²) in [6.45, 7) is -0.545. The molecule has 0 atom stereocenters. The van der Waals surface area contributed by atoms with E-state index in [0.717, 1.165) is 5.56 Å². The molecule has 0 spiro atoms. The summed E-state index contributed by atoms with van der Waals surface area (Å²) in [6.07, 6.45) is 0. The topological polar surface area (TPSA) is 29.5 Å². The van der Waals surface area contributed by atoms with Gasteiger partial charge in [-0.25, -0.2) is 4.39 Å². The van der Waals surface area contributed by atoms with Crippen LogP contribution in [0.25, 0.3) is 0 Å². The lowest BCUT2D eigenvalue weighted by molar-refractivity contribution is 0.268. The van der Waals surface area contributed by atoms with E-state index in [1.165, 1.54) is 0 Å². The largest absolute Gasteiger partial charge is 0.488 e. The molecule has 0 fully saturated rings. The lowest BCUT2D eigenvalue weighted by atomic mass is 10.2. The highest BCUT2D eigenvalue weighted by Crippen LogP contribution is 2.34. The fourth-order valence-corrected chi connectivity index (χ4v) is 2.49. The lowest BCUT2D eigenvalue weighted by Gasteiger charge is -2.10. The third kappa shape index (κ3) is 2.93. The van der Waals surface area contributed by atoms with E-state index in [4.69, 9.17) is 9.84 Å². The maximum atomic E-state index is 11.9. The second kappa shape index (κ2) is 5.68. The molecule has 0 amide bonds. The molecule has 0 aliphatic heterocycles. The van der Waals surface area contributed by atoms with Crippen LogP contribution in [-0.4, -0.2) is 18.4 Å². The summed E-state index contributed by atoms with van der Waals surface area (Å²) in [7, 11) is 0. The van der Waals surface area contributed by atoms with E-state index in [1.54, 1.807) is 12.1 Å². The van der Waals surface area contributed by atoms with Crippen LogP contribution in [0.2, 0.25) is 0 Å². The Bertz CT molecular complexity index is 295. The highest BCUT2D eigenvalue weighted by molar-refractivity contribution is 9.11. The van der Waals surface area contributed by atoms with Gasteiger partial charge in [-0.15, -0.1) is 0 Å². The molecule has 0 aromatic heterocycles. The standard InChI is InChI=1S/C9H9Br2FO2/c10-7-3-6(5-13)4-8(11)9(7)14-2-1-12/h3-4,13H,1-2,5H2. The van der Waals surface area contributed by atoms with Gasteiger partial charge in [-0.05, 0) is 49.6 Å². The second-order valence-corrected chi connectivity index (χ2v) is 4.29. The Labute approximate surface area is 98.3 Å². The third-order valence-corrected chi connectivity index (χ3v) is 2.74. The van der Waals surface area contributed by atoms with E-state index >= 15 is 0 Å². The van der Waals surface area contributed by atoms with Crippen LogP contribution in [0.1, 0.15) is 5.56 Å². The maximum Gasteiger partial charge on any atom is 0.147 e. The van der Waals surface area contributed by atoms with Crippen LogP contribution in [0.3, 0.4) is 0 Å². The average molecular weight is 328 g/mol. The number of aliphatic hydroxyl groups is 1. The normalized spacial score (nSPS) is 10.3. The second-order valence-electron chi connectivity index (χ2n) is 2.58. The molecule has 0 saturated carbocycles. The van der Waals surface area contributed by atoms with Gasteiger partial charge in [0.25, 0.3) is 0 Å². The Balaban J connectivity index is 2.93. The summed E-state index contributed by atoms with van der Waals surface area (Å²) in [5.74, 6) is 0.555.